The summed E-state index contributed by atoms with van der Waals surface area (Å²) in [5.74, 6) is -0.449. The maximum absolute atomic E-state index is 11.9. The average molecular weight is 505 g/mol. The molecule has 0 unspecified atom stereocenters. The number of aliphatic hydroxyl groups is 1. The molecule has 32 heavy (non-hydrogen) atoms. The fourth-order valence-corrected chi connectivity index (χ4v) is 4.55. The van der Waals surface area contributed by atoms with E-state index >= 15 is 0 Å². The topological polar surface area (TPSA) is 118 Å². The first kappa shape index (κ1) is 25.8. The van der Waals surface area contributed by atoms with E-state index in [1.165, 1.54) is 46.9 Å². The van der Waals surface area contributed by atoms with E-state index in [2.05, 4.69) is 15.3 Å². The summed E-state index contributed by atoms with van der Waals surface area (Å²) in [5.41, 5.74) is 2.96. The van der Waals surface area contributed by atoms with E-state index in [1.807, 2.05) is 5.38 Å². The summed E-state index contributed by atoms with van der Waals surface area (Å²) in [6, 6.07) is 5.75. The number of anilines is 1. The number of aromatic nitrogens is 2. The number of primary amides is 1. The lowest BCUT2D eigenvalue weighted by molar-refractivity contribution is -0.117. The van der Waals surface area contributed by atoms with Crippen LogP contribution in [0.2, 0.25) is 0 Å². The summed E-state index contributed by atoms with van der Waals surface area (Å²) in [6.45, 7) is -0.153. The Bertz CT molecular complexity index is 1040. The molecule has 13 heteroatoms. The molecule has 172 valence electrons. The van der Waals surface area contributed by atoms with E-state index in [4.69, 9.17) is 10.8 Å². The Kier molecular flexibility index (Phi) is 9.62. The summed E-state index contributed by atoms with van der Waals surface area (Å²) < 4.78 is 35.7. The predicted octanol–water partition coefficient (Wildman–Crippen LogP) is 3.87. The Morgan fingerprint density at radius 2 is 1.97 bits per heavy atom. The molecule has 0 saturated heterocycles. The van der Waals surface area contributed by atoms with E-state index in [1.54, 1.807) is 7.05 Å². The van der Waals surface area contributed by atoms with Gasteiger partial charge in [-0.25, -0.2) is 9.97 Å². The van der Waals surface area contributed by atoms with Crippen LogP contribution >= 0.6 is 34.4 Å². The Hall–Kier alpha value is -2.48. The monoisotopic (exact) mass is 504 g/mol. The van der Waals surface area contributed by atoms with Crippen LogP contribution in [-0.4, -0.2) is 39.8 Å². The van der Waals surface area contributed by atoms with Crippen LogP contribution < -0.4 is 11.1 Å². The fourth-order valence-electron chi connectivity index (χ4n) is 2.37. The quantitative estimate of drug-likeness (QED) is 0.315. The number of amides is 1. The number of nitrogens with two attached hydrogens (primary N) is 1. The number of aliphatic hydroxyl groups excluding tert-OH is 1. The molecule has 1 aromatic carbocycles. The van der Waals surface area contributed by atoms with Gasteiger partial charge in [0.05, 0.1) is 29.3 Å². The summed E-state index contributed by atoms with van der Waals surface area (Å²) in [6.07, 6.45) is 1.00. The first-order chi connectivity index (χ1) is 15.1. The number of hydrogen-bond acceptors (Lipinski definition) is 9. The zero-order valence-electron chi connectivity index (χ0n) is 16.7. The Morgan fingerprint density at radius 1 is 1.28 bits per heavy atom. The van der Waals surface area contributed by atoms with Crippen LogP contribution in [0.3, 0.4) is 0 Å². The molecular weight excluding hydrogens is 485 g/mol. The number of nitrogens with one attached hydrogen (secondary N) is 1. The van der Waals surface area contributed by atoms with E-state index in [9.17, 15) is 22.8 Å². The third-order valence-corrected chi connectivity index (χ3v) is 6.35. The lowest BCUT2D eigenvalue weighted by Crippen LogP contribution is -2.14. The van der Waals surface area contributed by atoms with Crippen LogP contribution in [0.4, 0.5) is 18.3 Å². The third-order valence-electron chi connectivity index (χ3n) is 3.65. The number of thioether (sulfide) groups is 1. The lowest BCUT2D eigenvalue weighted by Gasteiger charge is -2.05. The summed E-state index contributed by atoms with van der Waals surface area (Å²) in [4.78, 5) is 30.6. The highest BCUT2D eigenvalue weighted by Gasteiger charge is 2.28. The zero-order valence-corrected chi connectivity index (χ0v) is 19.1. The molecule has 0 atom stereocenters. The molecule has 0 saturated carbocycles. The maximum atomic E-state index is 11.9. The van der Waals surface area contributed by atoms with Crippen molar-refractivity contribution in [1.82, 2.24) is 9.97 Å². The van der Waals surface area contributed by atoms with Crippen molar-refractivity contribution in [2.45, 2.75) is 29.9 Å². The van der Waals surface area contributed by atoms with Crippen LogP contribution in [0.1, 0.15) is 16.3 Å². The van der Waals surface area contributed by atoms with E-state index in [0.29, 0.717) is 22.6 Å². The van der Waals surface area contributed by atoms with E-state index in [-0.39, 0.29) is 36.1 Å². The van der Waals surface area contributed by atoms with Gasteiger partial charge in [0, 0.05) is 23.7 Å². The van der Waals surface area contributed by atoms with Crippen molar-refractivity contribution in [3.05, 3.63) is 45.9 Å². The predicted molar refractivity (Wildman–Crippen MR) is 120 cm³/mol. The fraction of sp³-hybridized carbons (Fsp3) is 0.263. The Labute approximate surface area is 193 Å². The number of halogens is 3. The molecule has 0 spiro atoms. The lowest BCUT2D eigenvalue weighted by atomic mass is 10.2. The third kappa shape index (κ3) is 8.22. The molecule has 0 aliphatic heterocycles. The number of thiazole rings is 2. The van der Waals surface area contributed by atoms with Gasteiger partial charge in [-0.3, -0.25) is 4.79 Å². The van der Waals surface area contributed by atoms with Crippen molar-refractivity contribution >= 4 is 51.8 Å². The molecule has 0 bridgehead atoms. The molecule has 0 aliphatic rings. The molecule has 0 radical (unpaired) electrons. The molecule has 3 rings (SSSR count). The van der Waals surface area contributed by atoms with Crippen molar-refractivity contribution in [1.29, 1.82) is 0 Å². The van der Waals surface area contributed by atoms with Crippen LogP contribution in [0.15, 0.2) is 34.5 Å². The minimum atomic E-state index is -4.26. The van der Waals surface area contributed by atoms with Crippen LogP contribution in [0.5, 0.6) is 0 Å². The van der Waals surface area contributed by atoms with Crippen molar-refractivity contribution in [2.24, 2.45) is 5.73 Å². The van der Waals surface area contributed by atoms with Gasteiger partial charge < -0.3 is 21.0 Å². The number of carbonyl (C=O) groups is 2. The van der Waals surface area contributed by atoms with E-state index < -0.39 is 11.4 Å². The smallest absolute Gasteiger partial charge is 0.389 e. The number of nitrogens with zero attached hydrogens (tertiary/aromatic N) is 2. The van der Waals surface area contributed by atoms with Gasteiger partial charge in [-0.1, -0.05) is 12.1 Å². The second kappa shape index (κ2) is 11.9. The van der Waals surface area contributed by atoms with Gasteiger partial charge in [0.25, 0.3) is 0 Å². The molecule has 4 N–H and O–H groups in total. The maximum Gasteiger partial charge on any atom is 0.446 e. The molecule has 0 aliphatic carbocycles. The number of hydrogen-bond donors (Lipinski definition) is 3. The van der Waals surface area contributed by atoms with Gasteiger partial charge in [-0.05, 0) is 29.5 Å². The Balaban J connectivity index is 0.000000235. The van der Waals surface area contributed by atoms with Gasteiger partial charge in [0.1, 0.15) is 11.3 Å². The molecular formula is C19H19F3N4O3S3. The van der Waals surface area contributed by atoms with Crippen molar-refractivity contribution in [2.75, 3.05) is 12.4 Å². The van der Waals surface area contributed by atoms with Gasteiger partial charge in [0.2, 0.25) is 5.91 Å². The molecule has 2 heterocycles. The number of aldehydes is 1. The van der Waals surface area contributed by atoms with E-state index in [0.717, 1.165) is 15.7 Å². The number of benzene rings is 1. The molecule has 0 fully saturated rings. The minimum Gasteiger partial charge on any atom is -0.389 e. The van der Waals surface area contributed by atoms with Gasteiger partial charge in [0.15, 0.2) is 5.13 Å². The molecule has 7 nitrogen and oxygen atoms in total. The van der Waals surface area contributed by atoms with Gasteiger partial charge in [-0.15, -0.1) is 22.7 Å². The standard InChI is InChI=1S/C10H12N4O2S2.C9H7F3OS/c1-12-10-14-6(4-17-10)9-5(2-7(11)16)13-8(3-15)18-9;10-9(11,12)14-8-3-1-7(2-4-8)5-6-13/h4,15H,2-3H2,1H3,(H2,11,16)(H,12,14);1-4,6H,5H2. The summed E-state index contributed by atoms with van der Waals surface area (Å²) >= 11 is 2.63. The SMILES string of the molecule is CNc1nc(-c2sc(CO)nc2CC(N)=O)cs1.O=CCc1ccc(SC(F)(F)F)cc1. The number of alkyl halides is 3. The van der Waals surface area contributed by atoms with Crippen LogP contribution in [-0.2, 0) is 29.0 Å². The summed E-state index contributed by atoms with van der Waals surface area (Å²) in [5, 5.41) is 15.3. The average Bonchev–Trinajstić information content (AvgIpc) is 3.35. The number of rotatable bonds is 8. The molecule has 2 aromatic heterocycles. The van der Waals surface area contributed by atoms with Gasteiger partial charge in [-0.2, -0.15) is 13.2 Å². The molecule has 1 amide bonds. The van der Waals surface area contributed by atoms with Crippen molar-refractivity contribution < 1.29 is 27.9 Å². The van der Waals surface area contributed by atoms with Crippen LogP contribution in [0, 0.1) is 0 Å². The molecule has 3 aromatic rings. The Morgan fingerprint density at radius 3 is 2.47 bits per heavy atom. The highest BCUT2D eigenvalue weighted by molar-refractivity contribution is 8.00. The van der Waals surface area contributed by atoms with Gasteiger partial charge >= 0.3 is 5.51 Å². The zero-order chi connectivity index (χ0) is 23.7. The van der Waals surface area contributed by atoms with Crippen LogP contribution in [0.25, 0.3) is 10.6 Å². The first-order valence-electron chi connectivity index (χ1n) is 8.94. The largest absolute Gasteiger partial charge is 0.446 e. The first-order valence-corrected chi connectivity index (χ1v) is 11.5. The van der Waals surface area contributed by atoms with Crippen molar-refractivity contribution in [3.63, 3.8) is 0 Å². The second-order valence-corrected chi connectivity index (χ2v) is 9.12. The highest BCUT2D eigenvalue weighted by Crippen LogP contribution is 2.36. The minimum absolute atomic E-state index is 0.0538. The highest BCUT2D eigenvalue weighted by atomic mass is 32.2. The number of carbonyl (C=O) groups excluding carboxylic acids is 2. The van der Waals surface area contributed by atoms with Crippen molar-refractivity contribution in [3.8, 4) is 10.6 Å². The summed E-state index contributed by atoms with van der Waals surface area (Å²) in [7, 11) is 1.79. The normalized spacial score (nSPS) is 10.9. The second-order valence-electron chi connectivity index (χ2n) is 6.04.